The predicted molar refractivity (Wildman–Crippen MR) is 47.7 cm³/mol. The molecule has 1 atom stereocenters. The Bertz CT molecular complexity index is 286. The molecule has 0 radical (unpaired) electrons. The Morgan fingerprint density at radius 3 is 2.69 bits per heavy atom. The Kier molecular flexibility index (Phi) is 3.39. The molecule has 0 spiro atoms. The lowest BCUT2D eigenvalue weighted by Gasteiger charge is -2.10. The molecule has 13 heavy (non-hydrogen) atoms. The first-order valence-corrected chi connectivity index (χ1v) is 4.18. The minimum atomic E-state index is -1.18. The van der Waals surface area contributed by atoms with Crippen LogP contribution < -0.4 is 0 Å². The quantitative estimate of drug-likeness (QED) is 0.728. The van der Waals surface area contributed by atoms with Crippen LogP contribution in [0.15, 0.2) is 18.2 Å². The van der Waals surface area contributed by atoms with Crippen LogP contribution in [-0.2, 0) is 11.2 Å². The number of methoxy groups -OCH3 is 1. The van der Waals surface area contributed by atoms with E-state index in [1.54, 1.807) is 12.1 Å². The Labute approximate surface area is 77.0 Å². The molecule has 1 rings (SSSR count). The van der Waals surface area contributed by atoms with Crippen molar-refractivity contribution in [1.29, 1.82) is 0 Å². The van der Waals surface area contributed by atoms with Crippen LogP contribution >= 0.6 is 0 Å². The van der Waals surface area contributed by atoms with E-state index in [1.165, 1.54) is 13.2 Å². The van der Waals surface area contributed by atoms with Crippen LogP contribution in [0.25, 0.3) is 0 Å². The number of halogens is 1. The van der Waals surface area contributed by atoms with E-state index in [0.717, 1.165) is 12.0 Å². The minimum Gasteiger partial charge on any atom is -0.364 e. The van der Waals surface area contributed by atoms with Crippen molar-refractivity contribution < 1.29 is 14.2 Å². The topological polar surface area (TPSA) is 29.5 Å². The van der Waals surface area contributed by atoms with E-state index in [1.807, 2.05) is 6.92 Å². The summed E-state index contributed by atoms with van der Waals surface area (Å²) in [5.74, 6) is -0.423. The summed E-state index contributed by atoms with van der Waals surface area (Å²) in [6, 6.07) is 4.74. The van der Waals surface area contributed by atoms with E-state index in [-0.39, 0.29) is 5.56 Å². The molecule has 1 aromatic rings. The summed E-state index contributed by atoms with van der Waals surface area (Å²) in [7, 11) is 1.33. The van der Waals surface area contributed by atoms with Gasteiger partial charge in [-0.3, -0.25) is 0 Å². The van der Waals surface area contributed by atoms with Gasteiger partial charge in [0.15, 0.2) is 6.29 Å². The maximum Gasteiger partial charge on any atom is 0.183 e. The summed E-state index contributed by atoms with van der Waals surface area (Å²) in [5, 5.41) is 9.21. The molecule has 0 heterocycles. The van der Waals surface area contributed by atoms with Crippen molar-refractivity contribution in [1.82, 2.24) is 0 Å². The molecular formula is C10H13FO2. The van der Waals surface area contributed by atoms with Crippen LogP contribution in [0.4, 0.5) is 4.39 Å². The number of ether oxygens (including phenoxy) is 1. The summed E-state index contributed by atoms with van der Waals surface area (Å²) in [6.45, 7) is 1.95. The zero-order valence-electron chi connectivity index (χ0n) is 7.75. The maximum atomic E-state index is 13.2. The van der Waals surface area contributed by atoms with Crippen molar-refractivity contribution >= 4 is 0 Å². The molecule has 0 bridgehead atoms. The van der Waals surface area contributed by atoms with Gasteiger partial charge in [0.25, 0.3) is 0 Å². The van der Waals surface area contributed by atoms with Gasteiger partial charge < -0.3 is 9.84 Å². The lowest BCUT2D eigenvalue weighted by molar-refractivity contribution is -0.0790. The maximum absolute atomic E-state index is 13.2. The second-order valence-corrected chi connectivity index (χ2v) is 2.80. The fourth-order valence-corrected chi connectivity index (χ4v) is 1.12. The largest absolute Gasteiger partial charge is 0.364 e. The molecular weight excluding hydrogens is 171 g/mol. The highest BCUT2D eigenvalue weighted by Gasteiger charge is 2.11. The van der Waals surface area contributed by atoms with E-state index in [2.05, 4.69) is 4.74 Å². The number of aryl methyl sites for hydroxylation is 1. The Morgan fingerprint density at radius 1 is 1.54 bits per heavy atom. The monoisotopic (exact) mass is 184 g/mol. The van der Waals surface area contributed by atoms with Gasteiger partial charge in [-0.1, -0.05) is 19.1 Å². The molecule has 0 aliphatic carbocycles. The molecule has 1 unspecified atom stereocenters. The minimum absolute atomic E-state index is 0.180. The Balaban J connectivity index is 2.98. The first-order valence-electron chi connectivity index (χ1n) is 4.18. The van der Waals surface area contributed by atoms with Gasteiger partial charge in [0.2, 0.25) is 0 Å². The number of hydrogen-bond acceptors (Lipinski definition) is 2. The third-order valence-corrected chi connectivity index (χ3v) is 1.96. The van der Waals surface area contributed by atoms with Crippen molar-refractivity contribution in [2.45, 2.75) is 19.6 Å². The third kappa shape index (κ3) is 2.26. The zero-order chi connectivity index (χ0) is 9.84. The van der Waals surface area contributed by atoms with Crippen LogP contribution in [0, 0.1) is 5.82 Å². The van der Waals surface area contributed by atoms with Gasteiger partial charge in [-0.2, -0.15) is 0 Å². The average molecular weight is 184 g/mol. The zero-order valence-corrected chi connectivity index (χ0v) is 7.75. The van der Waals surface area contributed by atoms with Crippen LogP contribution in [0.1, 0.15) is 24.3 Å². The normalized spacial score (nSPS) is 12.9. The van der Waals surface area contributed by atoms with Crippen molar-refractivity contribution in [3.63, 3.8) is 0 Å². The molecule has 72 valence electrons. The summed E-state index contributed by atoms with van der Waals surface area (Å²) in [6.07, 6.45) is -0.397. The molecule has 0 fully saturated rings. The van der Waals surface area contributed by atoms with Crippen LogP contribution in [0.2, 0.25) is 0 Å². The molecule has 0 amide bonds. The van der Waals surface area contributed by atoms with E-state index < -0.39 is 12.1 Å². The molecule has 0 aliphatic rings. The fraction of sp³-hybridized carbons (Fsp3) is 0.400. The van der Waals surface area contributed by atoms with Crippen molar-refractivity contribution in [3.05, 3.63) is 35.1 Å². The van der Waals surface area contributed by atoms with Gasteiger partial charge in [0.1, 0.15) is 5.82 Å². The third-order valence-electron chi connectivity index (χ3n) is 1.96. The molecule has 0 aliphatic heterocycles. The molecule has 0 saturated heterocycles. The summed E-state index contributed by atoms with van der Waals surface area (Å²) in [5.41, 5.74) is 1.09. The highest BCUT2D eigenvalue weighted by molar-refractivity contribution is 5.25. The van der Waals surface area contributed by atoms with E-state index in [4.69, 9.17) is 0 Å². The summed E-state index contributed by atoms with van der Waals surface area (Å²) >= 11 is 0. The fourth-order valence-electron chi connectivity index (χ4n) is 1.12. The average Bonchev–Trinajstić information content (AvgIpc) is 2.16. The van der Waals surface area contributed by atoms with Gasteiger partial charge in [-0.15, -0.1) is 0 Å². The first kappa shape index (κ1) is 10.2. The first-order chi connectivity index (χ1) is 6.19. The van der Waals surface area contributed by atoms with Crippen molar-refractivity contribution in [2.24, 2.45) is 0 Å². The molecule has 0 saturated carbocycles. The van der Waals surface area contributed by atoms with Crippen LogP contribution in [0.3, 0.4) is 0 Å². The summed E-state index contributed by atoms with van der Waals surface area (Å²) < 4.78 is 17.8. The second-order valence-electron chi connectivity index (χ2n) is 2.80. The highest BCUT2D eigenvalue weighted by Crippen LogP contribution is 2.18. The SMILES string of the molecule is CCc1ccc(C(O)OC)c(F)c1. The van der Waals surface area contributed by atoms with Gasteiger partial charge in [-0.05, 0) is 18.1 Å². The van der Waals surface area contributed by atoms with Crippen LogP contribution in [0.5, 0.6) is 0 Å². The summed E-state index contributed by atoms with van der Waals surface area (Å²) in [4.78, 5) is 0. The number of aliphatic hydroxyl groups excluding tert-OH is 1. The van der Waals surface area contributed by atoms with Gasteiger partial charge >= 0.3 is 0 Å². The second kappa shape index (κ2) is 4.35. The predicted octanol–water partition coefficient (Wildman–Crippen LogP) is 2.03. The molecule has 1 aromatic carbocycles. The number of hydrogen-bond donors (Lipinski definition) is 1. The van der Waals surface area contributed by atoms with Crippen molar-refractivity contribution in [3.8, 4) is 0 Å². The number of rotatable bonds is 3. The Hall–Kier alpha value is -0.930. The lowest BCUT2D eigenvalue weighted by atomic mass is 10.1. The number of benzene rings is 1. The number of aliphatic hydroxyl groups is 1. The molecule has 3 heteroatoms. The van der Waals surface area contributed by atoms with Gasteiger partial charge in [0, 0.05) is 12.7 Å². The molecule has 0 aromatic heterocycles. The molecule has 1 N–H and O–H groups in total. The van der Waals surface area contributed by atoms with Gasteiger partial charge in [-0.25, -0.2) is 4.39 Å². The van der Waals surface area contributed by atoms with Gasteiger partial charge in [0.05, 0.1) is 0 Å². The smallest absolute Gasteiger partial charge is 0.183 e. The highest BCUT2D eigenvalue weighted by atomic mass is 19.1. The van der Waals surface area contributed by atoms with E-state index in [0.29, 0.717) is 0 Å². The van der Waals surface area contributed by atoms with E-state index >= 15 is 0 Å². The lowest BCUT2D eigenvalue weighted by Crippen LogP contribution is -2.02. The van der Waals surface area contributed by atoms with Crippen molar-refractivity contribution in [2.75, 3.05) is 7.11 Å². The van der Waals surface area contributed by atoms with Crippen LogP contribution in [-0.4, -0.2) is 12.2 Å². The Morgan fingerprint density at radius 2 is 2.23 bits per heavy atom. The molecule has 2 nitrogen and oxygen atoms in total. The standard InChI is InChI=1S/C10H13FO2/c1-3-7-4-5-8(9(11)6-7)10(12)13-2/h4-6,10,12H,3H2,1-2H3. The van der Waals surface area contributed by atoms with E-state index in [9.17, 15) is 9.50 Å².